The standard InChI is InChI=1S/C9H10O3/c1-2-9(11)12-8-6-4-3-5-7-10/h10H,2,7-8H2,1H3. The van der Waals surface area contributed by atoms with Gasteiger partial charge in [0.1, 0.15) is 6.61 Å². The number of rotatable bonds is 2. The quantitative estimate of drug-likeness (QED) is 0.461. The molecule has 0 aliphatic heterocycles. The van der Waals surface area contributed by atoms with Gasteiger partial charge in [0.2, 0.25) is 0 Å². The van der Waals surface area contributed by atoms with Crippen LogP contribution in [0.1, 0.15) is 13.3 Å². The number of esters is 1. The van der Waals surface area contributed by atoms with Crippen molar-refractivity contribution in [3.8, 4) is 23.7 Å². The molecule has 0 rings (SSSR count). The minimum absolute atomic E-state index is 0.0623. The van der Waals surface area contributed by atoms with Crippen molar-refractivity contribution in [3.05, 3.63) is 0 Å². The van der Waals surface area contributed by atoms with Crippen LogP contribution in [0.15, 0.2) is 0 Å². The fraction of sp³-hybridized carbons (Fsp3) is 0.444. The van der Waals surface area contributed by atoms with Crippen molar-refractivity contribution in [3.63, 3.8) is 0 Å². The summed E-state index contributed by atoms with van der Waals surface area (Å²) in [7, 11) is 0. The highest BCUT2D eigenvalue weighted by molar-refractivity contribution is 5.69. The fourth-order valence-corrected chi connectivity index (χ4v) is 0.383. The second kappa shape index (κ2) is 7.65. The van der Waals surface area contributed by atoms with E-state index in [0.29, 0.717) is 6.42 Å². The molecule has 0 fully saturated rings. The first-order valence-corrected chi connectivity index (χ1v) is 3.53. The zero-order valence-corrected chi connectivity index (χ0v) is 6.89. The lowest BCUT2D eigenvalue weighted by molar-refractivity contribution is -0.141. The lowest BCUT2D eigenvalue weighted by Crippen LogP contribution is -2.01. The molecule has 3 heteroatoms. The molecular weight excluding hydrogens is 156 g/mol. The lowest BCUT2D eigenvalue weighted by atomic mass is 10.5. The third-order valence-electron chi connectivity index (χ3n) is 0.912. The summed E-state index contributed by atoms with van der Waals surface area (Å²) in [6.45, 7) is 1.57. The maximum absolute atomic E-state index is 10.5. The number of hydrogen-bond acceptors (Lipinski definition) is 3. The van der Waals surface area contributed by atoms with E-state index < -0.39 is 0 Å². The number of hydrogen-bond donors (Lipinski definition) is 1. The van der Waals surface area contributed by atoms with E-state index >= 15 is 0 Å². The topological polar surface area (TPSA) is 46.5 Å². The Morgan fingerprint density at radius 3 is 2.67 bits per heavy atom. The highest BCUT2D eigenvalue weighted by Gasteiger charge is 1.92. The molecule has 0 aliphatic carbocycles. The molecular formula is C9H10O3. The maximum atomic E-state index is 10.5. The van der Waals surface area contributed by atoms with Crippen molar-refractivity contribution in [2.45, 2.75) is 13.3 Å². The number of aliphatic hydroxyl groups excluding tert-OH is 1. The van der Waals surface area contributed by atoms with E-state index in [9.17, 15) is 4.79 Å². The molecule has 1 N–H and O–H groups in total. The van der Waals surface area contributed by atoms with Crippen molar-refractivity contribution < 1.29 is 14.6 Å². The molecule has 0 saturated carbocycles. The number of ether oxygens (including phenoxy) is 1. The first-order valence-electron chi connectivity index (χ1n) is 3.53. The SMILES string of the molecule is CCC(=O)OCC#CC#CCO. The Labute approximate surface area is 71.7 Å². The molecule has 0 radical (unpaired) electrons. The van der Waals surface area contributed by atoms with E-state index in [0.717, 1.165) is 0 Å². The van der Waals surface area contributed by atoms with Crippen LogP contribution in [0.25, 0.3) is 0 Å². The van der Waals surface area contributed by atoms with Crippen LogP contribution in [0, 0.1) is 23.7 Å². The molecule has 0 atom stereocenters. The predicted molar refractivity (Wildman–Crippen MR) is 43.9 cm³/mol. The van der Waals surface area contributed by atoms with Crippen LogP contribution in [-0.4, -0.2) is 24.3 Å². The first kappa shape index (κ1) is 10.6. The fourth-order valence-electron chi connectivity index (χ4n) is 0.383. The van der Waals surface area contributed by atoms with Gasteiger partial charge in [0.15, 0.2) is 6.61 Å². The van der Waals surface area contributed by atoms with Crippen molar-refractivity contribution in [2.75, 3.05) is 13.2 Å². The Bertz CT molecular complexity index is 246. The average molecular weight is 166 g/mol. The van der Waals surface area contributed by atoms with Gasteiger partial charge < -0.3 is 9.84 Å². The Hall–Kier alpha value is -1.45. The van der Waals surface area contributed by atoms with Crippen LogP contribution >= 0.6 is 0 Å². The van der Waals surface area contributed by atoms with Crippen LogP contribution in [0.5, 0.6) is 0 Å². The van der Waals surface area contributed by atoms with Gasteiger partial charge in [-0.05, 0) is 17.8 Å². The normalized spacial score (nSPS) is 7.17. The minimum atomic E-state index is -0.278. The van der Waals surface area contributed by atoms with Gasteiger partial charge in [-0.1, -0.05) is 12.8 Å². The van der Waals surface area contributed by atoms with E-state index in [1.165, 1.54) is 0 Å². The lowest BCUT2D eigenvalue weighted by Gasteiger charge is -1.93. The zero-order chi connectivity index (χ0) is 9.23. The van der Waals surface area contributed by atoms with Gasteiger partial charge in [0.05, 0.1) is 0 Å². The molecule has 0 heterocycles. The van der Waals surface area contributed by atoms with Crippen molar-refractivity contribution in [2.24, 2.45) is 0 Å². The Morgan fingerprint density at radius 2 is 2.08 bits per heavy atom. The molecule has 0 aromatic heterocycles. The van der Waals surface area contributed by atoms with E-state index in [2.05, 4.69) is 28.4 Å². The summed E-state index contributed by atoms with van der Waals surface area (Å²) < 4.78 is 4.63. The second-order valence-electron chi connectivity index (χ2n) is 1.78. The summed E-state index contributed by atoms with van der Waals surface area (Å²) in [5, 5.41) is 8.22. The van der Waals surface area contributed by atoms with Gasteiger partial charge in [-0.15, -0.1) is 0 Å². The molecule has 0 unspecified atom stereocenters. The van der Waals surface area contributed by atoms with E-state index in [4.69, 9.17) is 5.11 Å². The van der Waals surface area contributed by atoms with Crippen molar-refractivity contribution in [1.29, 1.82) is 0 Å². The summed E-state index contributed by atoms with van der Waals surface area (Å²) in [5.41, 5.74) is 0. The summed E-state index contributed by atoms with van der Waals surface area (Å²) in [6, 6.07) is 0. The average Bonchev–Trinajstić information content (AvgIpc) is 2.10. The summed E-state index contributed by atoms with van der Waals surface area (Å²) in [4.78, 5) is 10.5. The Morgan fingerprint density at radius 1 is 1.42 bits per heavy atom. The second-order valence-corrected chi connectivity index (χ2v) is 1.78. The van der Waals surface area contributed by atoms with Gasteiger partial charge in [-0.3, -0.25) is 4.79 Å². The Kier molecular flexibility index (Phi) is 6.73. The van der Waals surface area contributed by atoms with E-state index in [-0.39, 0.29) is 19.2 Å². The van der Waals surface area contributed by atoms with Gasteiger partial charge in [-0.2, -0.15) is 0 Å². The molecule has 64 valence electrons. The number of aliphatic hydroxyl groups is 1. The predicted octanol–water partition coefficient (Wildman–Crippen LogP) is -0.0613. The molecule has 0 aromatic rings. The van der Waals surface area contributed by atoms with Gasteiger partial charge in [-0.25, -0.2) is 0 Å². The molecule has 0 spiro atoms. The molecule has 0 saturated heterocycles. The Balaban J connectivity index is 3.52. The highest BCUT2D eigenvalue weighted by atomic mass is 16.5. The monoisotopic (exact) mass is 166 g/mol. The van der Waals surface area contributed by atoms with Gasteiger partial charge in [0.25, 0.3) is 0 Å². The minimum Gasteiger partial charge on any atom is -0.452 e. The molecule has 12 heavy (non-hydrogen) atoms. The van der Waals surface area contributed by atoms with Crippen LogP contribution in [0.3, 0.4) is 0 Å². The third kappa shape index (κ3) is 6.67. The largest absolute Gasteiger partial charge is 0.452 e. The summed E-state index contributed by atoms with van der Waals surface area (Å²) in [5.74, 6) is 9.36. The molecule has 0 bridgehead atoms. The summed E-state index contributed by atoms with van der Waals surface area (Å²) >= 11 is 0. The zero-order valence-electron chi connectivity index (χ0n) is 6.89. The maximum Gasteiger partial charge on any atom is 0.306 e. The molecule has 0 amide bonds. The molecule has 3 nitrogen and oxygen atoms in total. The van der Waals surface area contributed by atoms with E-state index in [1.54, 1.807) is 6.92 Å². The number of carbonyl (C=O) groups excluding carboxylic acids is 1. The van der Waals surface area contributed by atoms with Crippen LogP contribution in [0.4, 0.5) is 0 Å². The van der Waals surface area contributed by atoms with Gasteiger partial charge >= 0.3 is 5.97 Å². The van der Waals surface area contributed by atoms with Crippen LogP contribution < -0.4 is 0 Å². The summed E-state index contributed by atoms with van der Waals surface area (Å²) in [6.07, 6.45) is 0.351. The molecule has 0 aromatic carbocycles. The first-order chi connectivity index (χ1) is 5.81. The smallest absolute Gasteiger partial charge is 0.306 e. The van der Waals surface area contributed by atoms with Gasteiger partial charge in [0, 0.05) is 6.42 Å². The number of carbonyl (C=O) groups is 1. The highest BCUT2D eigenvalue weighted by Crippen LogP contribution is 1.81. The van der Waals surface area contributed by atoms with E-state index in [1.807, 2.05) is 0 Å². The molecule has 0 aliphatic rings. The van der Waals surface area contributed by atoms with Crippen LogP contribution in [0.2, 0.25) is 0 Å². The third-order valence-corrected chi connectivity index (χ3v) is 0.912. The van der Waals surface area contributed by atoms with Crippen molar-refractivity contribution >= 4 is 5.97 Å². The van der Waals surface area contributed by atoms with Crippen LogP contribution in [-0.2, 0) is 9.53 Å². The van der Waals surface area contributed by atoms with Crippen molar-refractivity contribution in [1.82, 2.24) is 0 Å².